The summed E-state index contributed by atoms with van der Waals surface area (Å²) in [4.78, 5) is 27.8. The van der Waals surface area contributed by atoms with Crippen molar-refractivity contribution in [2.24, 2.45) is 0 Å². The quantitative estimate of drug-likeness (QED) is 0.512. The lowest BCUT2D eigenvalue weighted by molar-refractivity contribution is -0.140. The molecule has 0 aromatic heterocycles. The van der Waals surface area contributed by atoms with Gasteiger partial charge < -0.3 is 15.0 Å². The van der Waals surface area contributed by atoms with E-state index in [1.165, 1.54) is 4.90 Å². The number of ether oxygens (including phenoxy) is 1. The lowest BCUT2D eigenvalue weighted by Crippen LogP contribution is -2.54. The average molecular weight is 555 g/mol. The lowest BCUT2D eigenvalue weighted by Gasteiger charge is -2.33. The Labute approximate surface area is 210 Å². The van der Waals surface area contributed by atoms with Crippen molar-refractivity contribution < 1.29 is 22.7 Å². The second kappa shape index (κ2) is 11.2. The third kappa shape index (κ3) is 7.73. The van der Waals surface area contributed by atoms with Gasteiger partial charge in [-0.05, 0) is 73.5 Å². The Morgan fingerprint density at radius 2 is 1.68 bits per heavy atom. The number of anilines is 1. The van der Waals surface area contributed by atoms with Gasteiger partial charge in [-0.25, -0.2) is 8.42 Å². The minimum absolute atomic E-state index is 0.120. The summed E-state index contributed by atoms with van der Waals surface area (Å²) in [5.41, 5.74) is 0.624. The monoisotopic (exact) mass is 553 g/mol. The molecule has 2 aromatic carbocycles. The van der Waals surface area contributed by atoms with Crippen molar-refractivity contribution >= 4 is 43.5 Å². The van der Waals surface area contributed by atoms with Crippen LogP contribution >= 0.6 is 15.9 Å². The molecule has 1 atom stereocenters. The maximum absolute atomic E-state index is 13.5. The van der Waals surface area contributed by atoms with Crippen LogP contribution in [0.2, 0.25) is 0 Å². The van der Waals surface area contributed by atoms with Crippen molar-refractivity contribution in [2.75, 3.05) is 24.2 Å². The number of sulfonamides is 1. The second-order valence-corrected chi connectivity index (χ2v) is 11.8. The van der Waals surface area contributed by atoms with E-state index < -0.39 is 34.1 Å². The zero-order chi connectivity index (χ0) is 25.7. The zero-order valence-electron chi connectivity index (χ0n) is 20.3. The molecule has 0 unspecified atom stereocenters. The number of nitrogens with one attached hydrogen (secondary N) is 1. The van der Waals surface area contributed by atoms with Gasteiger partial charge in [0.1, 0.15) is 18.3 Å². The number of hydrogen-bond acceptors (Lipinski definition) is 5. The van der Waals surface area contributed by atoms with Crippen molar-refractivity contribution in [3.05, 3.63) is 58.6 Å². The van der Waals surface area contributed by atoms with Gasteiger partial charge in [0.15, 0.2) is 0 Å². The molecule has 0 heterocycles. The minimum atomic E-state index is -3.79. The highest BCUT2D eigenvalue weighted by Gasteiger charge is 2.31. The molecule has 0 saturated carbocycles. The van der Waals surface area contributed by atoms with Gasteiger partial charge >= 0.3 is 0 Å². The molecule has 2 amide bonds. The summed E-state index contributed by atoms with van der Waals surface area (Å²) in [5, 5.41) is 2.89. The van der Waals surface area contributed by atoms with Crippen molar-refractivity contribution in [3.8, 4) is 5.75 Å². The molecule has 10 heteroatoms. The van der Waals surface area contributed by atoms with Gasteiger partial charge in [0.05, 0.1) is 19.1 Å². The minimum Gasteiger partial charge on any atom is -0.497 e. The first-order valence-corrected chi connectivity index (χ1v) is 13.3. The molecule has 0 saturated heterocycles. The van der Waals surface area contributed by atoms with Crippen LogP contribution < -0.4 is 14.4 Å². The highest BCUT2D eigenvalue weighted by atomic mass is 79.9. The Morgan fingerprint density at radius 3 is 2.18 bits per heavy atom. The maximum atomic E-state index is 13.5. The molecule has 0 spiro atoms. The lowest BCUT2D eigenvalue weighted by atomic mass is 10.1. The number of methoxy groups -OCH3 is 1. The molecule has 0 aliphatic carbocycles. The molecular formula is C24H32BrN3O5S. The van der Waals surface area contributed by atoms with Crippen molar-refractivity contribution in [3.63, 3.8) is 0 Å². The Kier molecular flexibility index (Phi) is 9.13. The van der Waals surface area contributed by atoms with Gasteiger partial charge in [-0.1, -0.05) is 24.3 Å². The number of carbonyl (C=O) groups excluding carboxylic acids is 2. The molecule has 0 radical (unpaired) electrons. The van der Waals surface area contributed by atoms with Crippen LogP contribution in [0.5, 0.6) is 5.75 Å². The van der Waals surface area contributed by atoms with E-state index in [2.05, 4.69) is 21.2 Å². The first-order valence-electron chi connectivity index (χ1n) is 10.7. The number of benzene rings is 2. The number of nitrogens with zero attached hydrogens (tertiary/aromatic N) is 2. The SMILES string of the molecule is COc1ccc(CN(C(=O)CN(c2ccccc2Br)S(C)(=O)=O)[C@@H](C)C(=O)NC(C)(C)C)cc1. The number of rotatable bonds is 9. The van der Waals surface area contributed by atoms with Crippen LogP contribution in [0.3, 0.4) is 0 Å². The van der Waals surface area contributed by atoms with Crippen molar-refractivity contribution in [1.29, 1.82) is 0 Å². The van der Waals surface area contributed by atoms with Gasteiger partial charge in [-0.15, -0.1) is 0 Å². The number of halogens is 1. The van der Waals surface area contributed by atoms with Gasteiger partial charge in [-0.2, -0.15) is 0 Å². The molecular weight excluding hydrogens is 522 g/mol. The van der Waals surface area contributed by atoms with Crippen LogP contribution in [0, 0.1) is 0 Å². The summed E-state index contributed by atoms with van der Waals surface area (Å²) in [5.74, 6) is -0.174. The zero-order valence-corrected chi connectivity index (χ0v) is 22.7. The van der Waals surface area contributed by atoms with Crippen LogP contribution in [0.1, 0.15) is 33.3 Å². The number of para-hydroxylation sites is 1. The van der Waals surface area contributed by atoms with E-state index in [1.807, 2.05) is 20.8 Å². The molecule has 2 rings (SSSR count). The number of carbonyl (C=O) groups is 2. The standard InChI is InChI=1S/C24H32BrN3O5S/c1-17(23(30)26-24(2,3)4)27(15-18-11-13-19(33-5)14-12-18)22(29)16-28(34(6,31)32)21-10-8-7-9-20(21)25/h7-14,17H,15-16H2,1-6H3,(H,26,30)/t17-/m0/s1. The predicted molar refractivity (Wildman–Crippen MR) is 137 cm³/mol. The van der Waals surface area contributed by atoms with Crippen LogP contribution in [0.25, 0.3) is 0 Å². The van der Waals surface area contributed by atoms with Crippen LogP contribution in [-0.4, -0.2) is 56.6 Å². The van der Waals surface area contributed by atoms with Crippen LogP contribution in [0.4, 0.5) is 5.69 Å². The Hall–Kier alpha value is -2.59. The molecule has 2 aromatic rings. The largest absolute Gasteiger partial charge is 0.497 e. The van der Waals surface area contributed by atoms with E-state index in [0.717, 1.165) is 16.1 Å². The van der Waals surface area contributed by atoms with E-state index >= 15 is 0 Å². The summed E-state index contributed by atoms with van der Waals surface area (Å²) < 4.78 is 32.0. The highest BCUT2D eigenvalue weighted by molar-refractivity contribution is 9.10. The average Bonchev–Trinajstić information content (AvgIpc) is 2.74. The fourth-order valence-corrected chi connectivity index (χ4v) is 4.71. The van der Waals surface area contributed by atoms with Gasteiger partial charge in [0.25, 0.3) is 0 Å². The van der Waals surface area contributed by atoms with E-state index in [9.17, 15) is 18.0 Å². The van der Waals surface area contributed by atoms with Crippen molar-refractivity contribution in [2.45, 2.75) is 45.8 Å². The van der Waals surface area contributed by atoms with Gasteiger partial charge in [-0.3, -0.25) is 13.9 Å². The molecule has 34 heavy (non-hydrogen) atoms. The van der Waals surface area contributed by atoms with Gasteiger partial charge in [0.2, 0.25) is 21.8 Å². The molecule has 186 valence electrons. The first-order chi connectivity index (χ1) is 15.7. The van der Waals surface area contributed by atoms with Crippen LogP contribution in [-0.2, 0) is 26.2 Å². The summed E-state index contributed by atoms with van der Waals surface area (Å²) >= 11 is 3.36. The molecule has 0 bridgehead atoms. The predicted octanol–water partition coefficient (Wildman–Crippen LogP) is 3.56. The topological polar surface area (TPSA) is 96.0 Å². The summed E-state index contributed by atoms with van der Waals surface area (Å²) in [6.07, 6.45) is 1.04. The Morgan fingerprint density at radius 1 is 1.09 bits per heavy atom. The highest BCUT2D eigenvalue weighted by Crippen LogP contribution is 2.28. The smallest absolute Gasteiger partial charge is 0.244 e. The van der Waals surface area contributed by atoms with Crippen molar-refractivity contribution in [1.82, 2.24) is 10.2 Å². The molecule has 1 N–H and O–H groups in total. The van der Waals surface area contributed by atoms with E-state index in [1.54, 1.807) is 62.6 Å². The maximum Gasteiger partial charge on any atom is 0.244 e. The molecule has 8 nitrogen and oxygen atoms in total. The fourth-order valence-electron chi connectivity index (χ4n) is 3.23. The third-order valence-electron chi connectivity index (χ3n) is 4.98. The molecule has 0 aliphatic heterocycles. The number of amides is 2. The second-order valence-electron chi connectivity index (χ2n) is 9.01. The molecule has 0 fully saturated rings. The molecule has 0 aliphatic rings. The Bertz CT molecular complexity index is 1110. The number of hydrogen-bond donors (Lipinski definition) is 1. The first kappa shape index (κ1) is 27.7. The summed E-state index contributed by atoms with van der Waals surface area (Å²) in [7, 11) is -2.23. The summed E-state index contributed by atoms with van der Waals surface area (Å²) in [6, 6.07) is 13.1. The normalized spacial score (nSPS) is 12.6. The fraction of sp³-hybridized carbons (Fsp3) is 0.417. The Balaban J connectivity index is 2.41. The van der Waals surface area contributed by atoms with E-state index in [-0.39, 0.29) is 12.5 Å². The third-order valence-corrected chi connectivity index (χ3v) is 6.77. The van der Waals surface area contributed by atoms with Crippen LogP contribution in [0.15, 0.2) is 53.0 Å². The van der Waals surface area contributed by atoms with E-state index in [4.69, 9.17) is 4.74 Å². The summed E-state index contributed by atoms with van der Waals surface area (Å²) in [6.45, 7) is 6.86. The van der Waals surface area contributed by atoms with E-state index in [0.29, 0.717) is 15.9 Å². The van der Waals surface area contributed by atoms with Gasteiger partial charge in [0, 0.05) is 16.6 Å².